The highest BCUT2D eigenvalue weighted by atomic mass is 16.7. The molecule has 6 heteroatoms. The number of hydrogen-bond donors (Lipinski definition) is 0. The molecule has 0 fully saturated rings. The summed E-state index contributed by atoms with van der Waals surface area (Å²) < 4.78 is 16.5. The number of fused-ring (bicyclic) bond motifs is 1. The fourth-order valence-corrected chi connectivity index (χ4v) is 2.81. The van der Waals surface area contributed by atoms with Gasteiger partial charge in [-0.1, -0.05) is 6.07 Å². The molecule has 0 saturated heterocycles. The number of hydrogen-bond acceptors (Lipinski definition) is 6. The minimum Gasteiger partial charge on any atom is -0.493 e. The summed E-state index contributed by atoms with van der Waals surface area (Å²) in [4.78, 5) is 9.01. The summed E-state index contributed by atoms with van der Waals surface area (Å²) >= 11 is 0. The summed E-state index contributed by atoms with van der Waals surface area (Å²) in [5.74, 6) is 2.16. The van der Waals surface area contributed by atoms with Gasteiger partial charge in [0.1, 0.15) is 0 Å². The van der Waals surface area contributed by atoms with Crippen molar-refractivity contribution in [3.05, 3.63) is 47.8 Å². The van der Waals surface area contributed by atoms with Gasteiger partial charge in [-0.25, -0.2) is 0 Å². The van der Waals surface area contributed by atoms with Crippen molar-refractivity contribution in [1.82, 2.24) is 14.8 Å². The summed E-state index contributed by atoms with van der Waals surface area (Å²) in [7, 11) is 5.82. The van der Waals surface area contributed by atoms with Gasteiger partial charge in [-0.3, -0.25) is 9.88 Å². The van der Waals surface area contributed by atoms with Crippen LogP contribution in [0.3, 0.4) is 0 Å². The molecule has 0 amide bonds. The van der Waals surface area contributed by atoms with Gasteiger partial charge in [0.2, 0.25) is 12.5 Å². The lowest BCUT2D eigenvalue weighted by Gasteiger charge is -2.24. The minimum atomic E-state index is 0.243. The van der Waals surface area contributed by atoms with Crippen LogP contribution in [0, 0.1) is 0 Å². The average molecular weight is 343 g/mol. The number of nitrogens with zero attached hydrogens (tertiary/aromatic N) is 3. The van der Waals surface area contributed by atoms with Gasteiger partial charge in [0.05, 0.1) is 12.8 Å². The van der Waals surface area contributed by atoms with E-state index in [-0.39, 0.29) is 6.79 Å². The van der Waals surface area contributed by atoms with Crippen LogP contribution < -0.4 is 14.2 Å². The summed E-state index contributed by atoms with van der Waals surface area (Å²) in [6.07, 6.45) is 1.84. The highest BCUT2D eigenvalue weighted by Gasteiger charge is 2.21. The van der Waals surface area contributed by atoms with Crippen molar-refractivity contribution in [1.29, 1.82) is 0 Å². The zero-order valence-corrected chi connectivity index (χ0v) is 15.1. The smallest absolute Gasteiger partial charge is 0.231 e. The van der Waals surface area contributed by atoms with E-state index < -0.39 is 0 Å². The zero-order chi connectivity index (χ0) is 17.6. The molecule has 3 rings (SSSR count). The van der Waals surface area contributed by atoms with Crippen molar-refractivity contribution in [2.75, 3.05) is 41.1 Å². The second-order valence-corrected chi connectivity index (χ2v) is 6.37. The Balaban J connectivity index is 1.77. The molecule has 0 bridgehead atoms. The molecular formula is C19H25N3O3. The maximum Gasteiger partial charge on any atom is 0.231 e. The highest BCUT2D eigenvalue weighted by molar-refractivity contribution is 5.55. The quantitative estimate of drug-likeness (QED) is 0.733. The Hall–Kier alpha value is -2.31. The SMILES string of the molecule is COc1cc(CN(CCN(C)C)Cc2ccccn2)cc2c1OCO2. The molecule has 6 nitrogen and oxygen atoms in total. The third kappa shape index (κ3) is 4.61. The van der Waals surface area contributed by atoms with Gasteiger partial charge in [0.25, 0.3) is 0 Å². The molecule has 0 atom stereocenters. The van der Waals surface area contributed by atoms with Crippen LogP contribution in [0.25, 0.3) is 0 Å². The molecule has 0 spiro atoms. The maximum atomic E-state index is 5.54. The van der Waals surface area contributed by atoms with E-state index in [0.717, 1.165) is 48.9 Å². The molecule has 2 heterocycles. The first kappa shape index (κ1) is 17.5. The van der Waals surface area contributed by atoms with Crippen LogP contribution in [-0.2, 0) is 13.1 Å². The number of aromatic nitrogens is 1. The van der Waals surface area contributed by atoms with Gasteiger partial charge in [-0.2, -0.15) is 0 Å². The Morgan fingerprint density at radius 3 is 2.72 bits per heavy atom. The van der Waals surface area contributed by atoms with E-state index in [1.807, 2.05) is 30.5 Å². The zero-order valence-electron chi connectivity index (χ0n) is 15.1. The fourth-order valence-electron chi connectivity index (χ4n) is 2.81. The Morgan fingerprint density at radius 1 is 1.12 bits per heavy atom. The van der Waals surface area contributed by atoms with Crippen molar-refractivity contribution < 1.29 is 14.2 Å². The van der Waals surface area contributed by atoms with E-state index in [1.54, 1.807) is 7.11 Å². The molecule has 0 N–H and O–H groups in total. The lowest BCUT2D eigenvalue weighted by atomic mass is 10.1. The lowest BCUT2D eigenvalue weighted by molar-refractivity contribution is 0.171. The van der Waals surface area contributed by atoms with E-state index >= 15 is 0 Å². The first-order valence-electron chi connectivity index (χ1n) is 8.39. The molecule has 0 unspecified atom stereocenters. The van der Waals surface area contributed by atoms with Crippen LogP contribution in [0.2, 0.25) is 0 Å². The number of methoxy groups -OCH3 is 1. The first-order chi connectivity index (χ1) is 12.2. The van der Waals surface area contributed by atoms with Gasteiger partial charge in [-0.15, -0.1) is 0 Å². The summed E-state index contributed by atoms with van der Waals surface area (Å²) in [5, 5.41) is 0. The maximum absolute atomic E-state index is 5.54. The first-order valence-corrected chi connectivity index (χ1v) is 8.39. The van der Waals surface area contributed by atoms with Crippen LogP contribution in [0.1, 0.15) is 11.3 Å². The van der Waals surface area contributed by atoms with E-state index in [1.165, 1.54) is 0 Å². The minimum absolute atomic E-state index is 0.243. The number of ether oxygens (including phenoxy) is 3. The molecule has 1 aromatic heterocycles. The van der Waals surface area contributed by atoms with Crippen LogP contribution in [-0.4, -0.2) is 55.9 Å². The standard InChI is InChI=1S/C19H25N3O3/c1-21(2)8-9-22(13-16-6-4-5-7-20-16)12-15-10-17(23-3)19-18(11-15)24-14-25-19/h4-7,10-11H,8-9,12-14H2,1-3H3. The molecular weight excluding hydrogens is 318 g/mol. The van der Waals surface area contributed by atoms with E-state index in [2.05, 4.69) is 34.9 Å². The van der Waals surface area contributed by atoms with Crippen molar-refractivity contribution in [3.8, 4) is 17.2 Å². The van der Waals surface area contributed by atoms with Gasteiger partial charge in [-0.05, 0) is 43.9 Å². The van der Waals surface area contributed by atoms with Crippen molar-refractivity contribution in [3.63, 3.8) is 0 Å². The number of benzene rings is 1. The van der Waals surface area contributed by atoms with Gasteiger partial charge in [0, 0.05) is 32.4 Å². The van der Waals surface area contributed by atoms with E-state index in [4.69, 9.17) is 14.2 Å². The number of likely N-dealkylation sites (N-methyl/N-ethyl adjacent to an activating group) is 1. The predicted octanol–water partition coefficient (Wildman–Crippen LogP) is 2.38. The van der Waals surface area contributed by atoms with Gasteiger partial charge in [0.15, 0.2) is 11.5 Å². The molecule has 0 saturated carbocycles. The van der Waals surface area contributed by atoms with Crippen molar-refractivity contribution >= 4 is 0 Å². The van der Waals surface area contributed by atoms with Gasteiger partial charge < -0.3 is 19.1 Å². The third-order valence-electron chi connectivity index (χ3n) is 4.10. The number of rotatable bonds is 8. The van der Waals surface area contributed by atoms with E-state index in [0.29, 0.717) is 5.75 Å². The molecule has 1 aromatic carbocycles. The second kappa shape index (κ2) is 8.18. The topological polar surface area (TPSA) is 47.1 Å². The highest BCUT2D eigenvalue weighted by Crippen LogP contribution is 2.42. The number of pyridine rings is 1. The Labute approximate surface area is 148 Å². The molecule has 0 radical (unpaired) electrons. The predicted molar refractivity (Wildman–Crippen MR) is 96.0 cm³/mol. The summed E-state index contributed by atoms with van der Waals surface area (Å²) in [6, 6.07) is 10.1. The molecule has 1 aliphatic heterocycles. The third-order valence-corrected chi connectivity index (χ3v) is 4.10. The largest absolute Gasteiger partial charge is 0.493 e. The molecule has 1 aliphatic rings. The molecule has 134 valence electrons. The van der Waals surface area contributed by atoms with Crippen LogP contribution in [0.5, 0.6) is 17.2 Å². The van der Waals surface area contributed by atoms with Crippen LogP contribution in [0.15, 0.2) is 36.5 Å². The molecule has 0 aliphatic carbocycles. The summed E-state index contributed by atoms with van der Waals surface area (Å²) in [5.41, 5.74) is 2.20. The molecule has 2 aromatic rings. The van der Waals surface area contributed by atoms with Crippen molar-refractivity contribution in [2.24, 2.45) is 0 Å². The molecule has 25 heavy (non-hydrogen) atoms. The summed E-state index contributed by atoms with van der Waals surface area (Å²) in [6.45, 7) is 3.76. The second-order valence-electron chi connectivity index (χ2n) is 6.37. The van der Waals surface area contributed by atoms with Crippen LogP contribution in [0.4, 0.5) is 0 Å². The Bertz CT molecular complexity index is 692. The lowest BCUT2D eigenvalue weighted by Crippen LogP contribution is -2.31. The Morgan fingerprint density at radius 2 is 2.00 bits per heavy atom. The fraction of sp³-hybridized carbons (Fsp3) is 0.421. The van der Waals surface area contributed by atoms with Crippen molar-refractivity contribution in [2.45, 2.75) is 13.1 Å². The average Bonchev–Trinajstić information content (AvgIpc) is 3.08. The monoisotopic (exact) mass is 343 g/mol. The Kier molecular flexibility index (Phi) is 5.73. The normalized spacial score (nSPS) is 12.8. The van der Waals surface area contributed by atoms with Gasteiger partial charge >= 0.3 is 0 Å². The van der Waals surface area contributed by atoms with E-state index in [9.17, 15) is 0 Å². The van der Waals surface area contributed by atoms with Crippen LogP contribution >= 0.6 is 0 Å².